The summed E-state index contributed by atoms with van der Waals surface area (Å²) in [5.74, 6) is -1.46. The molecule has 2 amide bonds. The second-order valence-electron chi connectivity index (χ2n) is 6.03. The van der Waals surface area contributed by atoms with Crippen molar-refractivity contribution in [2.75, 3.05) is 11.1 Å². The van der Waals surface area contributed by atoms with E-state index < -0.39 is 11.7 Å². The van der Waals surface area contributed by atoms with E-state index in [0.717, 1.165) is 11.8 Å². The van der Waals surface area contributed by atoms with Crippen LogP contribution in [0, 0.1) is 17.1 Å². The Morgan fingerprint density at radius 2 is 2.00 bits per heavy atom. The van der Waals surface area contributed by atoms with E-state index in [-0.39, 0.29) is 24.0 Å². The average Bonchev–Trinajstić information content (AvgIpc) is 2.68. The average molecular weight is 416 g/mol. The molecular formula is C20H15ClFN3O2S. The number of nitrogens with zero attached hydrogens (tertiary/aromatic N) is 1. The number of amides is 2. The summed E-state index contributed by atoms with van der Waals surface area (Å²) in [7, 11) is 0. The van der Waals surface area contributed by atoms with E-state index in [1.807, 2.05) is 0 Å². The van der Waals surface area contributed by atoms with Gasteiger partial charge in [0.2, 0.25) is 11.8 Å². The normalized spacial score (nSPS) is 16.3. The number of benzene rings is 2. The van der Waals surface area contributed by atoms with Crippen molar-refractivity contribution in [1.82, 2.24) is 5.32 Å². The third-order valence-corrected chi connectivity index (χ3v) is 5.47. The molecule has 0 spiro atoms. The summed E-state index contributed by atoms with van der Waals surface area (Å²) < 4.78 is 13.2. The Labute approximate surface area is 170 Å². The molecule has 142 valence electrons. The highest BCUT2D eigenvalue weighted by Gasteiger charge is 2.29. The summed E-state index contributed by atoms with van der Waals surface area (Å²) in [5, 5.41) is 15.7. The fourth-order valence-electron chi connectivity index (χ4n) is 2.80. The lowest BCUT2D eigenvalue weighted by atomic mass is 9.87. The number of thioether (sulfide) groups is 1. The number of carbonyl (C=O) groups excluding carboxylic acids is 2. The topological polar surface area (TPSA) is 82.0 Å². The van der Waals surface area contributed by atoms with Gasteiger partial charge in [0.05, 0.1) is 33.1 Å². The Bertz CT molecular complexity index is 986. The maximum atomic E-state index is 13.2. The van der Waals surface area contributed by atoms with E-state index in [9.17, 15) is 19.2 Å². The van der Waals surface area contributed by atoms with Crippen molar-refractivity contribution in [3.63, 3.8) is 0 Å². The molecule has 2 aromatic rings. The summed E-state index contributed by atoms with van der Waals surface area (Å²) in [4.78, 5) is 24.3. The third kappa shape index (κ3) is 4.71. The molecule has 1 heterocycles. The lowest BCUT2D eigenvalue weighted by Crippen LogP contribution is -2.31. The zero-order valence-corrected chi connectivity index (χ0v) is 16.1. The van der Waals surface area contributed by atoms with E-state index in [0.29, 0.717) is 26.9 Å². The van der Waals surface area contributed by atoms with Crippen molar-refractivity contribution in [3.05, 3.63) is 75.5 Å². The predicted octanol–water partition coefficient (Wildman–Crippen LogP) is 4.19. The van der Waals surface area contributed by atoms with Gasteiger partial charge in [-0.3, -0.25) is 9.59 Å². The van der Waals surface area contributed by atoms with Crippen LogP contribution in [0.2, 0.25) is 5.02 Å². The number of allylic oxidation sites excluding steroid dienone is 1. The van der Waals surface area contributed by atoms with Gasteiger partial charge in [0, 0.05) is 12.3 Å². The molecule has 2 aromatic carbocycles. The van der Waals surface area contributed by atoms with Gasteiger partial charge >= 0.3 is 0 Å². The van der Waals surface area contributed by atoms with Crippen LogP contribution in [-0.4, -0.2) is 17.6 Å². The lowest BCUT2D eigenvalue weighted by Gasteiger charge is -2.25. The maximum absolute atomic E-state index is 13.2. The highest BCUT2D eigenvalue weighted by molar-refractivity contribution is 8.03. The number of halogens is 2. The number of carbonyl (C=O) groups is 2. The Kier molecular flexibility index (Phi) is 6.34. The number of para-hydroxylation sites is 1. The number of hydrogen-bond donors (Lipinski definition) is 2. The monoisotopic (exact) mass is 415 g/mol. The zero-order chi connectivity index (χ0) is 20.1. The van der Waals surface area contributed by atoms with Gasteiger partial charge in [-0.2, -0.15) is 5.26 Å². The number of anilines is 1. The first-order chi connectivity index (χ1) is 13.5. The molecule has 0 saturated heterocycles. The van der Waals surface area contributed by atoms with Gasteiger partial charge in [-0.1, -0.05) is 47.6 Å². The van der Waals surface area contributed by atoms with Gasteiger partial charge in [0.25, 0.3) is 0 Å². The first-order valence-electron chi connectivity index (χ1n) is 8.34. The highest BCUT2D eigenvalue weighted by Crippen LogP contribution is 2.36. The molecule has 0 unspecified atom stereocenters. The number of hydrogen-bond acceptors (Lipinski definition) is 4. The lowest BCUT2D eigenvalue weighted by molar-refractivity contribution is -0.121. The summed E-state index contributed by atoms with van der Waals surface area (Å²) in [6.07, 6.45) is 0.0877. The van der Waals surface area contributed by atoms with Gasteiger partial charge in [-0.05, 0) is 29.8 Å². The van der Waals surface area contributed by atoms with Crippen LogP contribution in [0.15, 0.2) is 59.1 Å². The van der Waals surface area contributed by atoms with E-state index in [1.54, 1.807) is 36.4 Å². The van der Waals surface area contributed by atoms with Crippen LogP contribution in [0.1, 0.15) is 17.9 Å². The molecule has 5 nitrogen and oxygen atoms in total. The van der Waals surface area contributed by atoms with Gasteiger partial charge in [0.15, 0.2) is 0 Å². The molecule has 0 aromatic heterocycles. The van der Waals surface area contributed by atoms with Crippen LogP contribution < -0.4 is 10.6 Å². The van der Waals surface area contributed by atoms with Gasteiger partial charge in [0.1, 0.15) is 5.82 Å². The Hall–Kier alpha value is -2.82. The fraction of sp³-hybridized carbons (Fsp3) is 0.150. The molecule has 2 N–H and O–H groups in total. The molecule has 0 saturated carbocycles. The second kappa shape index (κ2) is 8.91. The van der Waals surface area contributed by atoms with E-state index >= 15 is 0 Å². The van der Waals surface area contributed by atoms with Gasteiger partial charge in [-0.15, -0.1) is 0 Å². The quantitative estimate of drug-likeness (QED) is 0.767. The van der Waals surface area contributed by atoms with E-state index in [4.69, 9.17) is 11.6 Å². The first-order valence-corrected chi connectivity index (χ1v) is 9.71. The van der Waals surface area contributed by atoms with Gasteiger partial charge in [-0.25, -0.2) is 4.39 Å². The Balaban J connectivity index is 1.76. The molecule has 0 aliphatic carbocycles. The SMILES string of the molecule is N#CC1=C(SCC(=O)Nc2ccccc2Cl)NC(=O)C[C@@H]1c1ccc(F)cc1. The molecule has 0 radical (unpaired) electrons. The van der Waals surface area contributed by atoms with Crippen molar-refractivity contribution >= 4 is 40.9 Å². The zero-order valence-electron chi connectivity index (χ0n) is 14.5. The predicted molar refractivity (Wildman–Crippen MR) is 107 cm³/mol. The van der Waals surface area contributed by atoms with Crippen LogP contribution in [-0.2, 0) is 9.59 Å². The van der Waals surface area contributed by atoms with Crippen LogP contribution in [0.4, 0.5) is 10.1 Å². The van der Waals surface area contributed by atoms with Crippen molar-refractivity contribution in [3.8, 4) is 6.07 Å². The van der Waals surface area contributed by atoms with Crippen molar-refractivity contribution in [2.45, 2.75) is 12.3 Å². The van der Waals surface area contributed by atoms with Crippen molar-refractivity contribution < 1.29 is 14.0 Å². The molecule has 1 aliphatic heterocycles. The summed E-state index contributed by atoms with van der Waals surface area (Å²) in [6.45, 7) is 0. The van der Waals surface area contributed by atoms with Crippen molar-refractivity contribution in [1.29, 1.82) is 5.26 Å². The minimum Gasteiger partial charge on any atom is -0.324 e. The molecular weight excluding hydrogens is 401 g/mol. The van der Waals surface area contributed by atoms with Gasteiger partial charge < -0.3 is 10.6 Å². The Morgan fingerprint density at radius 1 is 1.29 bits per heavy atom. The number of nitriles is 1. The van der Waals surface area contributed by atoms with E-state index in [1.165, 1.54) is 12.1 Å². The highest BCUT2D eigenvalue weighted by atomic mass is 35.5. The van der Waals surface area contributed by atoms with Crippen LogP contribution in [0.25, 0.3) is 0 Å². The maximum Gasteiger partial charge on any atom is 0.234 e. The Morgan fingerprint density at radius 3 is 2.68 bits per heavy atom. The van der Waals surface area contributed by atoms with Crippen LogP contribution >= 0.6 is 23.4 Å². The minimum atomic E-state index is -0.478. The molecule has 1 aliphatic rings. The summed E-state index contributed by atoms with van der Waals surface area (Å²) >= 11 is 7.09. The van der Waals surface area contributed by atoms with Crippen molar-refractivity contribution in [2.24, 2.45) is 0 Å². The third-order valence-electron chi connectivity index (χ3n) is 4.12. The van der Waals surface area contributed by atoms with E-state index in [2.05, 4.69) is 16.7 Å². The molecule has 3 rings (SSSR count). The molecule has 0 fully saturated rings. The standard InChI is InChI=1S/C20H15ClFN3O2S/c21-16-3-1-2-4-17(16)24-19(27)11-28-20-15(10-23)14(9-18(26)25-20)12-5-7-13(22)8-6-12/h1-8,14H,9,11H2,(H,24,27)(H,25,26)/t14-/m1/s1. The molecule has 8 heteroatoms. The number of rotatable bonds is 5. The molecule has 1 atom stereocenters. The van der Waals surface area contributed by atoms with Crippen LogP contribution in [0.5, 0.6) is 0 Å². The smallest absolute Gasteiger partial charge is 0.234 e. The first kappa shape index (κ1) is 19.9. The molecule has 28 heavy (non-hydrogen) atoms. The fourth-order valence-corrected chi connectivity index (χ4v) is 3.86. The summed E-state index contributed by atoms with van der Waals surface area (Å²) in [6, 6.07) is 14.7. The largest absolute Gasteiger partial charge is 0.324 e. The van der Waals surface area contributed by atoms with Crippen LogP contribution in [0.3, 0.4) is 0 Å². The minimum absolute atomic E-state index is 0.0118. The second-order valence-corrected chi connectivity index (χ2v) is 7.42. The number of nitrogens with one attached hydrogen (secondary N) is 2. The summed E-state index contributed by atoms with van der Waals surface area (Å²) in [5.41, 5.74) is 1.51. The molecule has 0 bridgehead atoms.